The minimum absolute atomic E-state index is 0.234. The molecule has 1 aliphatic heterocycles. The van der Waals surface area contributed by atoms with Crippen molar-refractivity contribution in [2.75, 3.05) is 18.8 Å². The molecule has 0 amide bonds. The van der Waals surface area contributed by atoms with Crippen LogP contribution in [0.1, 0.15) is 25.8 Å². The van der Waals surface area contributed by atoms with E-state index >= 15 is 0 Å². The van der Waals surface area contributed by atoms with E-state index in [0.29, 0.717) is 18.2 Å². The summed E-state index contributed by atoms with van der Waals surface area (Å²) >= 11 is 0. The molecule has 2 rings (SSSR count). The Morgan fingerprint density at radius 1 is 1.61 bits per heavy atom. The molecule has 0 spiro atoms. The Balaban J connectivity index is 2.19. The van der Waals surface area contributed by atoms with Crippen LogP contribution in [0.15, 0.2) is 18.3 Å². The molecule has 0 aromatic carbocycles. The zero-order chi connectivity index (χ0) is 13.2. The first-order chi connectivity index (χ1) is 8.56. The second kappa shape index (κ2) is 5.06. The van der Waals surface area contributed by atoms with E-state index in [0.717, 1.165) is 25.1 Å². The molecule has 1 unspecified atom stereocenters. The summed E-state index contributed by atoms with van der Waals surface area (Å²) in [4.78, 5) is 16.6. The standard InChI is InChI=1S/C14H21N3O/c1-10(2)14(5-7-16-9-14)12(18)8-11-4-3-6-17-13(11)15/h3-4,6,10,16H,5,7-9H2,1-2H3,(H2,15,17). The van der Waals surface area contributed by atoms with Crippen LogP contribution in [0.3, 0.4) is 0 Å². The summed E-state index contributed by atoms with van der Waals surface area (Å²) in [6.45, 7) is 5.95. The Bertz CT molecular complexity index is 436. The molecule has 1 aromatic heterocycles. The summed E-state index contributed by atoms with van der Waals surface area (Å²) in [7, 11) is 0. The van der Waals surface area contributed by atoms with E-state index in [1.54, 1.807) is 6.20 Å². The van der Waals surface area contributed by atoms with Gasteiger partial charge in [-0.05, 0) is 24.9 Å². The molecular weight excluding hydrogens is 226 g/mol. The van der Waals surface area contributed by atoms with Gasteiger partial charge in [-0.2, -0.15) is 0 Å². The summed E-state index contributed by atoms with van der Waals surface area (Å²) in [5.41, 5.74) is 6.42. The minimum atomic E-state index is -0.234. The molecule has 2 heterocycles. The first-order valence-electron chi connectivity index (χ1n) is 6.49. The van der Waals surface area contributed by atoms with Crippen molar-refractivity contribution in [1.29, 1.82) is 0 Å². The summed E-state index contributed by atoms with van der Waals surface area (Å²) < 4.78 is 0. The van der Waals surface area contributed by atoms with Crippen LogP contribution in [-0.2, 0) is 11.2 Å². The largest absolute Gasteiger partial charge is 0.383 e. The normalized spacial score (nSPS) is 23.5. The molecule has 98 valence electrons. The third kappa shape index (κ3) is 2.25. The quantitative estimate of drug-likeness (QED) is 0.844. The van der Waals surface area contributed by atoms with Crippen molar-refractivity contribution in [1.82, 2.24) is 10.3 Å². The SMILES string of the molecule is CC(C)C1(C(=O)Cc2cccnc2N)CCNC1. The first kappa shape index (κ1) is 13.0. The van der Waals surface area contributed by atoms with Crippen LogP contribution in [0.25, 0.3) is 0 Å². The summed E-state index contributed by atoms with van der Waals surface area (Å²) in [6, 6.07) is 3.71. The highest BCUT2D eigenvalue weighted by Crippen LogP contribution is 2.36. The van der Waals surface area contributed by atoms with E-state index in [1.807, 2.05) is 12.1 Å². The lowest BCUT2D eigenvalue weighted by Gasteiger charge is -2.31. The number of Topliss-reactive ketones (excluding diaryl/α,β-unsaturated/α-hetero) is 1. The van der Waals surface area contributed by atoms with Gasteiger partial charge >= 0.3 is 0 Å². The fourth-order valence-electron chi connectivity index (χ4n) is 2.71. The van der Waals surface area contributed by atoms with Crippen molar-refractivity contribution < 1.29 is 4.79 Å². The average molecular weight is 247 g/mol. The Morgan fingerprint density at radius 3 is 2.94 bits per heavy atom. The third-order valence-electron chi connectivity index (χ3n) is 4.13. The van der Waals surface area contributed by atoms with Gasteiger partial charge < -0.3 is 11.1 Å². The molecule has 1 fully saturated rings. The van der Waals surface area contributed by atoms with Crippen molar-refractivity contribution in [3.8, 4) is 0 Å². The van der Waals surface area contributed by atoms with Crippen LogP contribution >= 0.6 is 0 Å². The van der Waals surface area contributed by atoms with Gasteiger partial charge in [0.1, 0.15) is 11.6 Å². The zero-order valence-corrected chi connectivity index (χ0v) is 11.1. The number of carbonyl (C=O) groups excluding carboxylic acids is 1. The van der Waals surface area contributed by atoms with Crippen molar-refractivity contribution in [2.45, 2.75) is 26.7 Å². The summed E-state index contributed by atoms with van der Waals surface area (Å²) in [6.07, 6.45) is 2.96. The number of pyridine rings is 1. The lowest BCUT2D eigenvalue weighted by molar-refractivity contribution is -0.129. The molecule has 4 nitrogen and oxygen atoms in total. The van der Waals surface area contributed by atoms with Gasteiger partial charge in [-0.15, -0.1) is 0 Å². The Kier molecular flexibility index (Phi) is 3.66. The Morgan fingerprint density at radius 2 is 2.39 bits per heavy atom. The number of hydrogen-bond donors (Lipinski definition) is 2. The fraction of sp³-hybridized carbons (Fsp3) is 0.571. The van der Waals surface area contributed by atoms with Crippen LogP contribution in [0.5, 0.6) is 0 Å². The van der Waals surface area contributed by atoms with E-state index in [-0.39, 0.29) is 11.2 Å². The predicted molar refractivity (Wildman–Crippen MR) is 72.1 cm³/mol. The number of anilines is 1. The second-order valence-corrected chi connectivity index (χ2v) is 5.39. The minimum Gasteiger partial charge on any atom is -0.383 e. The van der Waals surface area contributed by atoms with E-state index in [9.17, 15) is 4.79 Å². The molecular formula is C14H21N3O. The predicted octanol–water partition coefficient (Wildman–Crippen LogP) is 1.41. The van der Waals surface area contributed by atoms with Gasteiger partial charge in [-0.25, -0.2) is 4.98 Å². The van der Waals surface area contributed by atoms with Crippen molar-refractivity contribution in [3.05, 3.63) is 23.9 Å². The van der Waals surface area contributed by atoms with Gasteiger partial charge in [-0.3, -0.25) is 4.79 Å². The van der Waals surface area contributed by atoms with Gasteiger partial charge in [-0.1, -0.05) is 19.9 Å². The number of nitrogens with two attached hydrogens (primary N) is 1. The number of rotatable bonds is 4. The smallest absolute Gasteiger partial charge is 0.145 e. The molecule has 1 aliphatic rings. The highest BCUT2D eigenvalue weighted by molar-refractivity contribution is 5.88. The van der Waals surface area contributed by atoms with Crippen LogP contribution in [-0.4, -0.2) is 23.9 Å². The average Bonchev–Trinajstić information content (AvgIpc) is 2.82. The lowest BCUT2D eigenvalue weighted by atomic mass is 9.71. The Labute approximate surface area is 108 Å². The van der Waals surface area contributed by atoms with E-state index in [4.69, 9.17) is 5.73 Å². The molecule has 3 N–H and O–H groups in total. The number of carbonyl (C=O) groups is 1. The van der Waals surface area contributed by atoms with Crippen molar-refractivity contribution in [3.63, 3.8) is 0 Å². The number of nitrogens with one attached hydrogen (secondary N) is 1. The van der Waals surface area contributed by atoms with Crippen molar-refractivity contribution >= 4 is 11.6 Å². The zero-order valence-electron chi connectivity index (χ0n) is 11.1. The van der Waals surface area contributed by atoms with Gasteiger partial charge in [0.05, 0.1) is 0 Å². The number of nitrogen functional groups attached to an aromatic ring is 1. The molecule has 0 radical (unpaired) electrons. The Hall–Kier alpha value is -1.42. The van der Waals surface area contributed by atoms with E-state index < -0.39 is 0 Å². The molecule has 18 heavy (non-hydrogen) atoms. The van der Waals surface area contributed by atoms with E-state index in [1.165, 1.54) is 0 Å². The highest BCUT2D eigenvalue weighted by Gasteiger charge is 2.43. The number of aromatic nitrogens is 1. The van der Waals surface area contributed by atoms with Crippen LogP contribution in [0.2, 0.25) is 0 Å². The third-order valence-corrected chi connectivity index (χ3v) is 4.13. The van der Waals surface area contributed by atoms with Crippen LogP contribution < -0.4 is 11.1 Å². The van der Waals surface area contributed by atoms with E-state index in [2.05, 4.69) is 24.1 Å². The van der Waals surface area contributed by atoms with Gasteiger partial charge in [0.2, 0.25) is 0 Å². The monoisotopic (exact) mass is 247 g/mol. The second-order valence-electron chi connectivity index (χ2n) is 5.39. The van der Waals surface area contributed by atoms with Gasteiger partial charge in [0, 0.05) is 30.1 Å². The molecule has 0 aliphatic carbocycles. The molecule has 1 saturated heterocycles. The molecule has 0 bridgehead atoms. The molecule has 1 aromatic rings. The summed E-state index contributed by atoms with van der Waals surface area (Å²) in [5.74, 6) is 1.09. The lowest BCUT2D eigenvalue weighted by Crippen LogP contribution is -2.39. The van der Waals surface area contributed by atoms with Gasteiger partial charge in [0.25, 0.3) is 0 Å². The molecule has 4 heteroatoms. The van der Waals surface area contributed by atoms with Crippen molar-refractivity contribution in [2.24, 2.45) is 11.3 Å². The maximum Gasteiger partial charge on any atom is 0.145 e. The van der Waals surface area contributed by atoms with Gasteiger partial charge in [0.15, 0.2) is 0 Å². The van der Waals surface area contributed by atoms with Crippen LogP contribution in [0, 0.1) is 11.3 Å². The molecule has 1 atom stereocenters. The molecule has 0 saturated carbocycles. The highest BCUT2D eigenvalue weighted by atomic mass is 16.1. The number of hydrogen-bond acceptors (Lipinski definition) is 4. The van der Waals surface area contributed by atoms with Crippen LogP contribution in [0.4, 0.5) is 5.82 Å². The number of ketones is 1. The fourth-order valence-corrected chi connectivity index (χ4v) is 2.71. The number of nitrogens with zero attached hydrogens (tertiary/aromatic N) is 1. The maximum absolute atomic E-state index is 12.6. The first-order valence-corrected chi connectivity index (χ1v) is 6.49. The summed E-state index contributed by atoms with van der Waals surface area (Å²) in [5, 5.41) is 3.31. The maximum atomic E-state index is 12.6. The topological polar surface area (TPSA) is 68.0 Å².